The number of fused-ring (bicyclic) bond motifs is 3. The molecular formula is C22H26N2O2. The van der Waals surface area contributed by atoms with Crippen molar-refractivity contribution in [2.24, 2.45) is 0 Å². The molecule has 1 N–H and O–H groups in total. The van der Waals surface area contributed by atoms with E-state index in [4.69, 9.17) is 4.74 Å². The zero-order valence-corrected chi connectivity index (χ0v) is 15.7. The van der Waals surface area contributed by atoms with Gasteiger partial charge in [-0.2, -0.15) is 0 Å². The number of amides is 1. The van der Waals surface area contributed by atoms with E-state index in [2.05, 4.69) is 42.3 Å². The van der Waals surface area contributed by atoms with Crippen LogP contribution in [0.4, 0.5) is 0 Å². The van der Waals surface area contributed by atoms with E-state index < -0.39 is 0 Å². The van der Waals surface area contributed by atoms with E-state index in [9.17, 15) is 4.79 Å². The minimum Gasteiger partial charge on any atom is -0.497 e. The van der Waals surface area contributed by atoms with Crippen molar-refractivity contribution in [3.63, 3.8) is 0 Å². The Hall–Kier alpha value is -2.33. The predicted molar refractivity (Wildman–Crippen MR) is 103 cm³/mol. The van der Waals surface area contributed by atoms with Crippen LogP contribution in [0, 0.1) is 6.92 Å². The lowest BCUT2D eigenvalue weighted by atomic mass is 9.81. The topological polar surface area (TPSA) is 41.6 Å². The first-order chi connectivity index (χ1) is 12.6. The van der Waals surface area contributed by atoms with E-state index in [1.165, 1.54) is 11.1 Å². The van der Waals surface area contributed by atoms with E-state index in [1.54, 1.807) is 7.11 Å². The molecule has 2 aromatic carbocycles. The number of carbonyl (C=O) groups excluding carboxylic acids is 1. The molecule has 136 valence electrons. The van der Waals surface area contributed by atoms with E-state index >= 15 is 0 Å². The van der Waals surface area contributed by atoms with Gasteiger partial charge in [-0.15, -0.1) is 0 Å². The van der Waals surface area contributed by atoms with Crippen LogP contribution in [0.3, 0.4) is 0 Å². The molecule has 0 saturated carbocycles. The highest BCUT2D eigenvalue weighted by Gasteiger charge is 2.43. The largest absolute Gasteiger partial charge is 0.497 e. The number of methoxy groups -OCH3 is 1. The highest BCUT2D eigenvalue weighted by Crippen LogP contribution is 2.38. The van der Waals surface area contributed by atoms with Crippen molar-refractivity contribution in [2.45, 2.75) is 38.8 Å². The van der Waals surface area contributed by atoms with Crippen LogP contribution in [0.15, 0.2) is 36.4 Å². The first-order valence-electron chi connectivity index (χ1n) is 9.40. The number of aryl methyl sites for hydroxylation is 2. The van der Waals surface area contributed by atoms with Crippen LogP contribution in [0.25, 0.3) is 0 Å². The number of nitrogens with zero attached hydrogens (tertiary/aromatic N) is 1. The quantitative estimate of drug-likeness (QED) is 0.920. The lowest BCUT2D eigenvalue weighted by Gasteiger charge is -2.39. The van der Waals surface area contributed by atoms with Gasteiger partial charge in [0.15, 0.2) is 0 Å². The minimum atomic E-state index is 0.160. The summed E-state index contributed by atoms with van der Waals surface area (Å²) in [6, 6.07) is 12.7. The number of hydrogen-bond acceptors (Lipinski definition) is 3. The van der Waals surface area contributed by atoms with Crippen molar-refractivity contribution >= 4 is 5.91 Å². The second kappa shape index (κ2) is 6.76. The van der Waals surface area contributed by atoms with E-state index in [1.807, 2.05) is 18.2 Å². The summed E-state index contributed by atoms with van der Waals surface area (Å²) in [5.74, 6) is 1.36. The third-order valence-corrected chi connectivity index (χ3v) is 5.78. The highest BCUT2D eigenvalue weighted by atomic mass is 16.5. The van der Waals surface area contributed by atoms with Gasteiger partial charge >= 0.3 is 0 Å². The van der Waals surface area contributed by atoms with E-state index in [-0.39, 0.29) is 11.9 Å². The molecule has 0 aliphatic carbocycles. The molecule has 4 nitrogen and oxygen atoms in total. The fourth-order valence-corrected chi connectivity index (χ4v) is 4.44. The number of hydrogen-bond donors (Lipinski definition) is 1. The van der Waals surface area contributed by atoms with Gasteiger partial charge in [0.2, 0.25) is 0 Å². The van der Waals surface area contributed by atoms with Gasteiger partial charge in [-0.05, 0) is 47.7 Å². The molecule has 2 aliphatic heterocycles. The number of nitrogens with one attached hydrogen (secondary N) is 1. The first kappa shape index (κ1) is 17.1. The Morgan fingerprint density at radius 1 is 1.19 bits per heavy atom. The molecule has 0 bridgehead atoms. The van der Waals surface area contributed by atoms with Crippen molar-refractivity contribution in [1.82, 2.24) is 10.2 Å². The smallest absolute Gasteiger partial charge is 0.255 e. The van der Waals surface area contributed by atoms with Gasteiger partial charge in [0.1, 0.15) is 5.75 Å². The maximum absolute atomic E-state index is 13.4. The normalized spacial score (nSPS) is 21.5. The van der Waals surface area contributed by atoms with E-state index in [0.717, 1.165) is 42.0 Å². The van der Waals surface area contributed by atoms with Gasteiger partial charge in [-0.1, -0.05) is 31.2 Å². The van der Waals surface area contributed by atoms with Crippen molar-refractivity contribution in [3.05, 3.63) is 64.2 Å². The zero-order valence-electron chi connectivity index (χ0n) is 15.7. The van der Waals surface area contributed by atoms with Gasteiger partial charge < -0.3 is 15.0 Å². The molecule has 2 aliphatic rings. The van der Waals surface area contributed by atoms with Crippen molar-refractivity contribution < 1.29 is 9.53 Å². The predicted octanol–water partition coefficient (Wildman–Crippen LogP) is 3.28. The Morgan fingerprint density at radius 3 is 2.81 bits per heavy atom. The zero-order chi connectivity index (χ0) is 18.3. The Balaban J connectivity index is 1.74. The van der Waals surface area contributed by atoms with Crippen LogP contribution in [-0.2, 0) is 13.0 Å². The highest BCUT2D eigenvalue weighted by molar-refractivity contribution is 5.99. The fourth-order valence-electron chi connectivity index (χ4n) is 4.44. The summed E-state index contributed by atoms with van der Waals surface area (Å²) in [5, 5.41) is 3.50. The summed E-state index contributed by atoms with van der Waals surface area (Å²) in [6.07, 6.45) is 1.00. The van der Waals surface area contributed by atoms with Crippen LogP contribution < -0.4 is 10.1 Å². The fraction of sp³-hybridized carbons (Fsp3) is 0.409. The average Bonchev–Trinajstić information content (AvgIpc) is 3.14. The molecule has 4 rings (SSSR count). The van der Waals surface area contributed by atoms with Crippen LogP contribution in [0.2, 0.25) is 0 Å². The standard InChI is InChI=1S/C22H26N2O2/c1-4-15-8-14(2)21-18(10-15)19-11-23-12-20(19)24(22(21)25)13-16-6-5-7-17(9-16)26-3/h5-10,19-20,23H,4,11-13H2,1-3H3/t19-,20+/m1/s1. The van der Waals surface area contributed by atoms with Gasteiger partial charge in [0.05, 0.1) is 13.2 Å². The third kappa shape index (κ3) is 2.78. The molecule has 1 saturated heterocycles. The second-order valence-corrected chi connectivity index (χ2v) is 7.35. The molecule has 1 fully saturated rings. The average molecular weight is 350 g/mol. The van der Waals surface area contributed by atoms with Crippen LogP contribution in [-0.4, -0.2) is 37.0 Å². The summed E-state index contributed by atoms with van der Waals surface area (Å²) < 4.78 is 5.34. The van der Waals surface area contributed by atoms with Gasteiger partial charge in [0, 0.05) is 31.1 Å². The van der Waals surface area contributed by atoms with Crippen LogP contribution >= 0.6 is 0 Å². The van der Waals surface area contributed by atoms with Gasteiger partial charge in [-0.25, -0.2) is 0 Å². The lowest BCUT2D eigenvalue weighted by molar-refractivity contribution is 0.0629. The van der Waals surface area contributed by atoms with Gasteiger partial charge in [0.25, 0.3) is 5.91 Å². The Morgan fingerprint density at radius 2 is 2.04 bits per heavy atom. The molecule has 4 heteroatoms. The minimum absolute atomic E-state index is 0.160. The van der Waals surface area contributed by atoms with Crippen LogP contribution in [0.5, 0.6) is 5.75 Å². The molecule has 0 unspecified atom stereocenters. The first-order valence-corrected chi connectivity index (χ1v) is 9.40. The molecule has 26 heavy (non-hydrogen) atoms. The molecule has 1 amide bonds. The molecule has 0 aromatic heterocycles. The molecular weight excluding hydrogens is 324 g/mol. The second-order valence-electron chi connectivity index (χ2n) is 7.35. The summed E-state index contributed by atoms with van der Waals surface area (Å²) in [5.41, 5.74) is 5.68. The van der Waals surface area contributed by atoms with E-state index in [0.29, 0.717) is 12.5 Å². The Bertz CT molecular complexity index is 846. The molecule has 0 spiro atoms. The Labute approximate surface area is 155 Å². The van der Waals surface area contributed by atoms with Crippen LogP contribution in [0.1, 0.15) is 45.5 Å². The van der Waals surface area contributed by atoms with Gasteiger partial charge in [-0.3, -0.25) is 4.79 Å². The maximum atomic E-state index is 13.4. The number of ether oxygens (including phenoxy) is 1. The number of benzene rings is 2. The summed E-state index contributed by atoms with van der Waals surface area (Å²) in [7, 11) is 1.67. The maximum Gasteiger partial charge on any atom is 0.255 e. The number of rotatable bonds is 4. The number of carbonyl (C=O) groups is 1. The Kier molecular flexibility index (Phi) is 4.45. The monoisotopic (exact) mass is 350 g/mol. The molecule has 2 aromatic rings. The summed E-state index contributed by atoms with van der Waals surface area (Å²) in [4.78, 5) is 15.5. The SMILES string of the molecule is CCc1cc(C)c2c(c1)[C@H]1CNC[C@@H]1N(Cc1cccc(OC)c1)C2=O. The lowest BCUT2D eigenvalue weighted by Crippen LogP contribution is -2.48. The van der Waals surface area contributed by atoms with Crippen molar-refractivity contribution in [1.29, 1.82) is 0 Å². The molecule has 2 atom stereocenters. The third-order valence-electron chi connectivity index (χ3n) is 5.78. The molecule has 2 heterocycles. The van der Waals surface area contributed by atoms with Crippen molar-refractivity contribution in [2.75, 3.05) is 20.2 Å². The summed E-state index contributed by atoms with van der Waals surface area (Å²) in [6.45, 7) is 6.66. The molecule has 0 radical (unpaired) electrons. The van der Waals surface area contributed by atoms with Crippen molar-refractivity contribution in [3.8, 4) is 5.75 Å². The summed E-state index contributed by atoms with van der Waals surface area (Å²) >= 11 is 0.